The first-order chi connectivity index (χ1) is 8.84. The minimum atomic E-state index is -1.34. The molecule has 0 aliphatic rings. The fourth-order valence-electron chi connectivity index (χ4n) is 1.74. The van der Waals surface area contributed by atoms with Gasteiger partial charge in [0, 0.05) is 0 Å². The molecule has 2 aromatic rings. The minimum Gasteiger partial charge on any atom is -0.481 e. The van der Waals surface area contributed by atoms with Crippen molar-refractivity contribution in [2.45, 2.75) is 19.3 Å². The number of aliphatic carboxylic acids is 1. The highest BCUT2D eigenvalue weighted by molar-refractivity contribution is 7.08. The molecule has 0 unspecified atom stereocenters. The number of benzene rings is 1. The molecule has 0 radical (unpaired) electrons. The molecule has 1 N–H and O–H groups in total. The Bertz CT molecular complexity index is 595. The van der Waals surface area contributed by atoms with E-state index in [1.165, 1.54) is 25.2 Å². The Morgan fingerprint density at radius 2 is 1.84 bits per heavy atom. The Hall–Kier alpha value is -1.75. The number of rotatable bonds is 3. The third kappa shape index (κ3) is 2.38. The lowest BCUT2D eigenvalue weighted by Gasteiger charge is -2.20. The molecule has 0 fully saturated rings. The van der Waals surface area contributed by atoms with Crippen LogP contribution < -0.4 is 0 Å². The quantitative estimate of drug-likeness (QED) is 0.922. The topological polar surface area (TPSA) is 37.3 Å². The van der Waals surface area contributed by atoms with Gasteiger partial charge in [-0.3, -0.25) is 4.79 Å². The fourth-order valence-corrected chi connectivity index (χ4v) is 2.39. The van der Waals surface area contributed by atoms with Gasteiger partial charge in [-0.1, -0.05) is 0 Å². The number of thiophene rings is 1. The summed E-state index contributed by atoms with van der Waals surface area (Å²) in [5, 5.41) is 12.5. The molecule has 19 heavy (non-hydrogen) atoms. The van der Waals surface area contributed by atoms with Crippen molar-refractivity contribution in [2.75, 3.05) is 0 Å². The van der Waals surface area contributed by atoms with Gasteiger partial charge >= 0.3 is 5.97 Å². The lowest BCUT2D eigenvalue weighted by atomic mass is 9.84. The standard InChI is InChI=1S/C14H12F2O2S/c1-14(2,13(17)18)9-5-10(15)12(11(16)6-9)8-3-4-19-7-8/h3-7H,1-2H3,(H,17,18). The van der Waals surface area contributed by atoms with E-state index in [-0.39, 0.29) is 11.1 Å². The lowest BCUT2D eigenvalue weighted by molar-refractivity contribution is -0.142. The van der Waals surface area contributed by atoms with Crippen molar-refractivity contribution in [3.63, 3.8) is 0 Å². The first kappa shape index (κ1) is 13.7. The molecule has 1 aromatic heterocycles. The maximum absolute atomic E-state index is 14.0. The van der Waals surface area contributed by atoms with Crippen LogP contribution in [0.1, 0.15) is 19.4 Å². The first-order valence-corrected chi connectivity index (χ1v) is 6.54. The Labute approximate surface area is 113 Å². The normalized spacial score (nSPS) is 11.6. The highest BCUT2D eigenvalue weighted by atomic mass is 32.1. The molecule has 0 spiro atoms. The fraction of sp³-hybridized carbons (Fsp3) is 0.214. The van der Waals surface area contributed by atoms with E-state index in [4.69, 9.17) is 5.11 Å². The summed E-state index contributed by atoms with van der Waals surface area (Å²) in [5.41, 5.74) is -0.894. The zero-order chi connectivity index (χ0) is 14.2. The van der Waals surface area contributed by atoms with Crippen LogP contribution in [-0.2, 0) is 10.2 Å². The highest BCUT2D eigenvalue weighted by Gasteiger charge is 2.31. The number of halogens is 2. The maximum Gasteiger partial charge on any atom is 0.313 e. The third-order valence-electron chi connectivity index (χ3n) is 3.11. The maximum atomic E-state index is 14.0. The van der Waals surface area contributed by atoms with Crippen molar-refractivity contribution in [1.29, 1.82) is 0 Å². The minimum absolute atomic E-state index is 0.106. The van der Waals surface area contributed by atoms with Crippen LogP contribution >= 0.6 is 11.3 Å². The molecule has 2 nitrogen and oxygen atoms in total. The Morgan fingerprint density at radius 1 is 1.26 bits per heavy atom. The smallest absolute Gasteiger partial charge is 0.313 e. The second-order valence-corrected chi connectivity index (χ2v) is 5.54. The second-order valence-electron chi connectivity index (χ2n) is 4.76. The molecule has 1 aromatic carbocycles. The lowest BCUT2D eigenvalue weighted by Crippen LogP contribution is -2.28. The van der Waals surface area contributed by atoms with Crippen molar-refractivity contribution in [1.82, 2.24) is 0 Å². The number of hydrogen-bond donors (Lipinski definition) is 1. The molecule has 0 bridgehead atoms. The van der Waals surface area contributed by atoms with Gasteiger partial charge in [-0.2, -0.15) is 11.3 Å². The highest BCUT2D eigenvalue weighted by Crippen LogP contribution is 2.32. The van der Waals surface area contributed by atoms with Crippen LogP contribution in [0.2, 0.25) is 0 Å². The van der Waals surface area contributed by atoms with Gasteiger partial charge in [0.1, 0.15) is 11.6 Å². The molecule has 5 heteroatoms. The number of carboxylic acid groups (broad SMARTS) is 1. The van der Waals surface area contributed by atoms with Crippen LogP contribution in [-0.4, -0.2) is 11.1 Å². The van der Waals surface area contributed by atoms with E-state index in [0.717, 1.165) is 12.1 Å². The molecule has 0 saturated carbocycles. The van der Waals surface area contributed by atoms with Crippen molar-refractivity contribution in [2.24, 2.45) is 0 Å². The second kappa shape index (κ2) is 4.74. The van der Waals surface area contributed by atoms with E-state index in [2.05, 4.69) is 0 Å². The van der Waals surface area contributed by atoms with Crippen molar-refractivity contribution >= 4 is 17.3 Å². The van der Waals surface area contributed by atoms with Gasteiger partial charge in [-0.25, -0.2) is 8.78 Å². The third-order valence-corrected chi connectivity index (χ3v) is 3.79. The van der Waals surface area contributed by atoms with E-state index in [0.29, 0.717) is 5.56 Å². The van der Waals surface area contributed by atoms with Gasteiger partial charge in [0.15, 0.2) is 0 Å². The zero-order valence-corrected chi connectivity index (χ0v) is 11.2. The van der Waals surface area contributed by atoms with Gasteiger partial charge < -0.3 is 5.11 Å². The van der Waals surface area contributed by atoms with Crippen LogP contribution in [0.25, 0.3) is 11.1 Å². The van der Waals surface area contributed by atoms with Crippen LogP contribution in [0.4, 0.5) is 8.78 Å². The van der Waals surface area contributed by atoms with E-state index in [1.54, 1.807) is 16.8 Å². The summed E-state index contributed by atoms with van der Waals surface area (Å²) in [6.45, 7) is 2.82. The summed E-state index contributed by atoms with van der Waals surface area (Å²) in [4.78, 5) is 11.1. The van der Waals surface area contributed by atoms with Crippen LogP contribution in [0.5, 0.6) is 0 Å². The van der Waals surface area contributed by atoms with Gasteiger partial charge in [0.05, 0.1) is 11.0 Å². The average Bonchev–Trinajstić information content (AvgIpc) is 2.81. The monoisotopic (exact) mass is 282 g/mol. The van der Waals surface area contributed by atoms with E-state index < -0.39 is 23.0 Å². The molecular formula is C14H12F2O2S. The predicted molar refractivity (Wildman–Crippen MR) is 70.3 cm³/mol. The van der Waals surface area contributed by atoms with E-state index in [1.807, 2.05) is 0 Å². The van der Waals surface area contributed by atoms with E-state index in [9.17, 15) is 13.6 Å². The molecule has 2 rings (SSSR count). The Balaban J connectivity index is 2.58. The predicted octanol–water partition coefficient (Wildman–Crippen LogP) is 4.06. The molecule has 1 heterocycles. The molecule has 0 saturated heterocycles. The molecule has 100 valence electrons. The SMILES string of the molecule is CC(C)(C(=O)O)c1cc(F)c(-c2ccsc2)c(F)c1. The summed E-state index contributed by atoms with van der Waals surface area (Å²) in [5.74, 6) is -2.62. The van der Waals surface area contributed by atoms with Gasteiger partial charge in [-0.05, 0) is 53.9 Å². The largest absolute Gasteiger partial charge is 0.481 e. The molecule has 0 amide bonds. The van der Waals surface area contributed by atoms with Gasteiger partial charge in [-0.15, -0.1) is 0 Å². The summed E-state index contributed by atoms with van der Waals surface area (Å²) < 4.78 is 28.1. The average molecular weight is 282 g/mol. The van der Waals surface area contributed by atoms with Gasteiger partial charge in [0.2, 0.25) is 0 Å². The first-order valence-electron chi connectivity index (χ1n) is 5.59. The molecule has 0 atom stereocenters. The Morgan fingerprint density at radius 3 is 2.26 bits per heavy atom. The molecular weight excluding hydrogens is 270 g/mol. The summed E-state index contributed by atoms with van der Waals surface area (Å²) in [6.07, 6.45) is 0. The molecule has 0 aliphatic carbocycles. The van der Waals surface area contributed by atoms with Crippen molar-refractivity contribution in [3.05, 3.63) is 46.2 Å². The molecule has 0 aliphatic heterocycles. The van der Waals surface area contributed by atoms with Crippen molar-refractivity contribution < 1.29 is 18.7 Å². The van der Waals surface area contributed by atoms with Crippen LogP contribution in [0.3, 0.4) is 0 Å². The van der Waals surface area contributed by atoms with Crippen molar-refractivity contribution in [3.8, 4) is 11.1 Å². The Kier molecular flexibility index (Phi) is 3.41. The summed E-state index contributed by atoms with van der Waals surface area (Å²) >= 11 is 1.34. The van der Waals surface area contributed by atoms with Gasteiger partial charge in [0.25, 0.3) is 0 Å². The van der Waals surface area contributed by atoms with Crippen LogP contribution in [0.15, 0.2) is 29.0 Å². The number of carbonyl (C=O) groups is 1. The van der Waals surface area contributed by atoms with E-state index >= 15 is 0 Å². The zero-order valence-electron chi connectivity index (χ0n) is 10.4. The van der Waals surface area contributed by atoms with Crippen LogP contribution in [0, 0.1) is 11.6 Å². The number of hydrogen-bond acceptors (Lipinski definition) is 2. The number of carboxylic acids is 1. The summed E-state index contributed by atoms with van der Waals surface area (Å²) in [7, 11) is 0. The summed E-state index contributed by atoms with van der Waals surface area (Å²) in [6, 6.07) is 3.79.